The zero-order chi connectivity index (χ0) is 11.4. The Kier molecular flexibility index (Phi) is 4.54. The molecule has 0 aliphatic carbocycles. The predicted molar refractivity (Wildman–Crippen MR) is 59.5 cm³/mol. The molecule has 1 unspecified atom stereocenters. The molecule has 15 heavy (non-hydrogen) atoms. The number of carbonyl (C=O) groups excluding carboxylic acids is 1. The summed E-state index contributed by atoms with van der Waals surface area (Å²) in [5.74, 6) is 0.575. The molecule has 0 aromatic heterocycles. The first kappa shape index (κ1) is 12.5. The third kappa shape index (κ3) is 3.18. The Bertz CT molecular complexity index is 219. The van der Waals surface area contributed by atoms with Crippen molar-refractivity contribution in [2.75, 3.05) is 33.3 Å². The molecule has 88 valence electrons. The minimum absolute atomic E-state index is 0.0515. The van der Waals surface area contributed by atoms with Gasteiger partial charge in [-0.05, 0) is 12.3 Å². The Balaban J connectivity index is 2.71. The number of hydrogen-bond acceptors (Lipinski definition) is 3. The Morgan fingerprint density at radius 2 is 2.13 bits per heavy atom. The molecule has 0 spiro atoms. The van der Waals surface area contributed by atoms with Gasteiger partial charge in [0.25, 0.3) is 0 Å². The molecule has 1 amide bonds. The molecule has 0 saturated carbocycles. The van der Waals surface area contributed by atoms with Gasteiger partial charge in [0.1, 0.15) is 6.04 Å². The summed E-state index contributed by atoms with van der Waals surface area (Å²) in [6.07, 6.45) is 0.992. The Morgan fingerprint density at radius 3 is 2.67 bits per heavy atom. The molecule has 0 aromatic carbocycles. The van der Waals surface area contributed by atoms with Gasteiger partial charge < -0.3 is 10.0 Å². The van der Waals surface area contributed by atoms with Gasteiger partial charge in [-0.2, -0.15) is 0 Å². The van der Waals surface area contributed by atoms with Crippen LogP contribution in [-0.2, 0) is 4.79 Å². The van der Waals surface area contributed by atoms with E-state index < -0.39 is 0 Å². The fourth-order valence-electron chi connectivity index (χ4n) is 2.07. The maximum atomic E-state index is 11.9. The minimum atomic E-state index is -0.333. The van der Waals surface area contributed by atoms with E-state index in [1.54, 1.807) is 4.90 Å². The number of aliphatic hydroxyl groups excluding tert-OH is 1. The molecular formula is C11H22N2O2. The van der Waals surface area contributed by atoms with Crippen molar-refractivity contribution < 1.29 is 9.90 Å². The Hall–Kier alpha value is -0.610. The molecule has 4 heteroatoms. The molecule has 1 atom stereocenters. The highest BCUT2D eigenvalue weighted by atomic mass is 16.3. The van der Waals surface area contributed by atoms with Crippen LogP contribution in [0, 0.1) is 5.92 Å². The van der Waals surface area contributed by atoms with E-state index in [9.17, 15) is 9.90 Å². The first-order chi connectivity index (χ1) is 7.06. The maximum Gasteiger partial charge on any atom is 0.242 e. The molecule has 1 saturated heterocycles. The van der Waals surface area contributed by atoms with E-state index in [2.05, 4.69) is 18.7 Å². The molecule has 4 nitrogen and oxygen atoms in total. The van der Waals surface area contributed by atoms with Crippen molar-refractivity contribution in [3.63, 3.8) is 0 Å². The third-order valence-corrected chi connectivity index (χ3v) is 2.81. The summed E-state index contributed by atoms with van der Waals surface area (Å²) in [5.41, 5.74) is 0. The summed E-state index contributed by atoms with van der Waals surface area (Å²) in [5, 5.41) is 9.30. The third-order valence-electron chi connectivity index (χ3n) is 2.81. The van der Waals surface area contributed by atoms with Crippen LogP contribution in [0.1, 0.15) is 20.3 Å². The molecule has 1 fully saturated rings. The van der Waals surface area contributed by atoms with Crippen molar-refractivity contribution in [1.29, 1.82) is 0 Å². The lowest BCUT2D eigenvalue weighted by atomic mass is 10.1. The molecule has 0 aromatic rings. The van der Waals surface area contributed by atoms with Crippen LogP contribution in [0.25, 0.3) is 0 Å². The van der Waals surface area contributed by atoms with Crippen LogP contribution in [0.3, 0.4) is 0 Å². The normalized spacial score (nSPS) is 24.7. The lowest BCUT2D eigenvalue weighted by molar-refractivity contribution is -0.135. The van der Waals surface area contributed by atoms with Crippen LogP contribution in [0.5, 0.6) is 0 Å². The molecule has 1 aliphatic heterocycles. The van der Waals surface area contributed by atoms with Crippen molar-refractivity contribution in [2.24, 2.45) is 5.92 Å². The predicted octanol–water partition coefficient (Wildman–Crippen LogP) is 0.167. The second-order valence-electron chi connectivity index (χ2n) is 4.70. The summed E-state index contributed by atoms with van der Waals surface area (Å²) in [6.45, 7) is 6.77. The van der Waals surface area contributed by atoms with Gasteiger partial charge in [0.15, 0.2) is 0 Å². The first-order valence-corrected chi connectivity index (χ1v) is 5.66. The van der Waals surface area contributed by atoms with Gasteiger partial charge in [0, 0.05) is 26.7 Å². The van der Waals surface area contributed by atoms with E-state index in [4.69, 9.17) is 0 Å². The van der Waals surface area contributed by atoms with Gasteiger partial charge in [-0.1, -0.05) is 13.8 Å². The van der Waals surface area contributed by atoms with Crippen LogP contribution in [0.15, 0.2) is 0 Å². The van der Waals surface area contributed by atoms with Crippen LogP contribution in [-0.4, -0.2) is 60.1 Å². The van der Waals surface area contributed by atoms with E-state index in [0.29, 0.717) is 5.92 Å². The quantitative estimate of drug-likeness (QED) is 0.728. The number of rotatable bonds is 3. The van der Waals surface area contributed by atoms with Gasteiger partial charge in [-0.3, -0.25) is 9.69 Å². The highest BCUT2D eigenvalue weighted by Crippen LogP contribution is 2.12. The number of nitrogens with zero attached hydrogens (tertiary/aromatic N) is 2. The average Bonchev–Trinajstić information content (AvgIpc) is 2.27. The highest BCUT2D eigenvalue weighted by molar-refractivity contribution is 5.82. The van der Waals surface area contributed by atoms with Gasteiger partial charge in [0.05, 0.1) is 6.61 Å². The zero-order valence-electron chi connectivity index (χ0n) is 9.94. The molecule has 0 radical (unpaired) electrons. The molecule has 1 N–H and O–H groups in total. The van der Waals surface area contributed by atoms with Crippen molar-refractivity contribution in [2.45, 2.75) is 26.3 Å². The van der Waals surface area contributed by atoms with Crippen LogP contribution in [0.4, 0.5) is 0 Å². The van der Waals surface area contributed by atoms with Crippen molar-refractivity contribution >= 4 is 5.91 Å². The highest BCUT2D eigenvalue weighted by Gasteiger charge is 2.30. The summed E-state index contributed by atoms with van der Waals surface area (Å²) < 4.78 is 0. The monoisotopic (exact) mass is 214 g/mol. The van der Waals surface area contributed by atoms with Crippen molar-refractivity contribution in [3.05, 3.63) is 0 Å². The fraction of sp³-hybridized carbons (Fsp3) is 0.909. The van der Waals surface area contributed by atoms with Gasteiger partial charge in [-0.15, -0.1) is 0 Å². The SMILES string of the molecule is CC(C)CN1CCCN(C)C(=O)C1CO. The van der Waals surface area contributed by atoms with E-state index in [1.165, 1.54) is 0 Å². The molecule has 1 aliphatic rings. The fourth-order valence-corrected chi connectivity index (χ4v) is 2.07. The zero-order valence-corrected chi connectivity index (χ0v) is 9.94. The number of hydrogen-bond donors (Lipinski definition) is 1. The van der Waals surface area contributed by atoms with Crippen molar-refractivity contribution in [1.82, 2.24) is 9.80 Å². The van der Waals surface area contributed by atoms with Crippen LogP contribution in [0.2, 0.25) is 0 Å². The van der Waals surface area contributed by atoms with E-state index in [0.717, 1.165) is 26.1 Å². The smallest absolute Gasteiger partial charge is 0.242 e. The standard InChI is InChI=1S/C11H22N2O2/c1-9(2)7-13-6-4-5-12(3)11(15)10(13)8-14/h9-10,14H,4-8H2,1-3H3. The molecule has 0 bridgehead atoms. The molecule has 1 heterocycles. The largest absolute Gasteiger partial charge is 0.394 e. The van der Waals surface area contributed by atoms with Crippen LogP contribution >= 0.6 is 0 Å². The van der Waals surface area contributed by atoms with E-state index >= 15 is 0 Å². The second-order valence-corrected chi connectivity index (χ2v) is 4.70. The number of carbonyl (C=O) groups is 1. The lowest BCUT2D eigenvalue weighted by Gasteiger charge is -2.29. The lowest BCUT2D eigenvalue weighted by Crippen LogP contribution is -2.48. The van der Waals surface area contributed by atoms with Crippen molar-refractivity contribution in [3.8, 4) is 0 Å². The topological polar surface area (TPSA) is 43.8 Å². The van der Waals surface area contributed by atoms with E-state index in [-0.39, 0.29) is 18.6 Å². The van der Waals surface area contributed by atoms with Gasteiger partial charge in [0.2, 0.25) is 5.91 Å². The summed E-state index contributed by atoms with van der Waals surface area (Å²) in [4.78, 5) is 15.7. The Morgan fingerprint density at radius 1 is 1.47 bits per heavy atom. The summed E-state index contributed by atoms with van der Waals surface area (Å²) in [6, 6.07) is -0.333. The number of likely N-dealkylation sites (N-methyl/N-ethyl adjacent to an activating group) is 1. The second kappa shape index (κ2) is 5.47. The first-order valence-electron chi connectivity index (χ1n) is 5.66. The Labute approximate surface area is 91.9 Å². The van der Waals surface area contributed by atoms with Crippen LogP contribution < -0.4 is 0 Å². The number of aliphatic hydroxyl groups is 1. The number of amides is 1. The van der Waals surface area contributed by atoms with Gasteiger partial charge in [-0.25, -0.2) is 0 Å². The van der Waals surface area contributed by atoms with Gasteiger partial charge >= 0.3 is 0 Å². The average molecular weight is 214 g/mol. The summed E-state index contributed by atoms with van der Waals surface area (Å²) in [7, 11) is 1.81. The van der Waals surface area contributed by atoms with E-state index in [1.807, 2.05) is 7.05 Å². The molecule has 1 rings (SSSR count). The minimum Gasteiger partial charge on any atom is -0.394 e. The summed E-state index contributed by atoms with van der Waals surface area (Å²) >= 11 is 0. The molecular weight excluding hydrogens is 192 g/mol. The maximum absolute atomic E-state index is 11.9.